The molecule has 0 spiro atoms. The quantitative estimate of drug-likeness (QED) is 0.484. The summed E-state index contributed by atoms with van der Waals surface area (Å²) < 4.78 is 2.27. The van der Waals surface area contributed by atoms with Crippen LogP contribution in [0.1, 0.15) is 54.5 Å². The van der Waals surface area contributed by atoms with E-state index in [1.54, 1.807) is 0 Å². The molecule has 4 rings (SSSR count). The van der Waals surface area contributed by atoms with Gasteiger partial charge in [-0.2, -0.15) is 0 Å². The monoisotopic (exact) mass is 438 g/mol. The zero-order valence-corrected chi connectivity index (χ0v) is 19.2. The molecule has 3 heterocycles. The highest BCUT2D eigenvalue weighted by Crippen LogP contribution is 2.41. The van der Waals surface area contributed by atoms with Crippen LogP contribution in [0.5, 0.6) is 0 Å². The van der Waals surface area contributed by atoms with Crippen LogP contribution in [0.2, 0.25) is 5.02 Å². The number of hydrogen-bond acceptors (Lipinski definition) is 2. The number of thiocarbonyl (C=S) groups is 1. The summed E-state index contributed by atoms with van der Waals surface area (Å²) >= 11 is 12.0. The van der Waals surface area contributed by atoms with Gasteiger partial charge in [0.1, 0.15) is 0 Å². The van der Waals surface area contributed by atoms with Crippen molar-refractivity contribution in [1.29, 1.82) is 0 Å². The van der Waals surface area contributed by atoms with Crippen molar-refractivity contribution < 1.29 is 0 Å². The highest BCUT2D eigenvalue weighted by Gasteiger charge is 2.41. The first-order valence-electron chi connectivity index (χ1n) is 10.4. The Morgan fingerprint density at radius 1 is 1.13 bits per heavy atom. The minimum atomic E-state index is 0.0175. The summed E-state index contributed by atoms with van der Waals surface area (Å²) in [5.41, 5.74) is 5.74. The van der Waals surface area contributed by atoms with Crippen LogP contribution in [0, 0.1) is 13.8 Å². The molecule has 3 aromatic rings. The molecular weight excluding hydrogens is 412 g/mol. The zero-order chi connectivity index (χ0) is 21.3. The Kier molecular flexibility index (Phi) is 6.11. The molecule has 4 nitrogen and oxygen atoms in total. The highest BCUT2D eigenvalue weighted by molar-refractivity contribution is 7.80. The Hall–Kier alpha value is -2.37. The van der Waals surface area contributed by atoms with E-state index in [0.29, 0.717) is 0 Å². The molecule has 6 heteroatoms. The van der Waals surface area contributed by atoms with Crippen molar-refractivity contribution in [3.05, 3.63) is 82.4 Å². The van der Waals surface area contributed by atoms with Gasteiger partial charge in [-0.15, -0.1) is 0 Å². The predicted molar refractivity (Wildman–Crippen MR) is 127 cm³/mol. The molecule has 0 radical (unpaired) electrons. The molecule has 0 bridgehead atoms. The van der Waals surface area contributed by atoms with Crippen LogP contribution in [-0.4, -0.2) is 26.1 Å². The standard InChI is InChI=1S/C24H27ClN4S/c1-4-5-13-28-23(22(27-24(28)30)21-11-6-7-12-26-21)20-14-16(2)29(17(20)3)19-10-8-9-18(25)15-19/h6-12,14-15,22-23H,4-5,13H2,1-3H3,(H,27,30)/t22-,23-/m0/s1. The van der Waals surface area contributed by atoms with Crippen LogP contribution in [0.15, 0.2) is 54.7 Å². The fourth-order valence-electron chi connectivity index (χ4n) is 4.41. The van der Waals surface area contributed by atoms with Gasteiger partial charge in [0.25, 0.3) is 0 Å². The van der Waals surface area contributed by atoms with Crippen LogP contribution >= 0.6 is 23.8 Å². The second-order valence-electron chi connectivity index (χ2n) is 7.82. The van der Waals surface area contributed by atoms with Gasteiger partial charge in [0.2, 0.25) is 0 Å². The Labute approximate surface area is 188 Å². The Balaban J connectivity index is 1.82. The molecule has 0 aliphatic carbocycles. The normalized spacial score (nSPS) is 18.7. The third-order valence-electron chi connectivity index (χ3n) is 5.81. The maximum atomic E-state index is 6.28. The predicted octanol–water partition coefficient (Wildman–Crippen LogP) is 5.92. The van der Waals surface area contributed by atoms with Crippen molar-refractivity contribution in [3.63, 3.8) is 0 Å². The van der Waals surface area contributed by atoms with E-state index in [2.05, 4.69) is 58.7 Å². The molecule has 2 aromatic heterocycles. The van der Waals surface area contributed by atoms with Gasteiger partial charge in [-0.25, -0.2) is 0 Å². The molecule has 0 unspecified atom stereocenters. The van der Waals surface area contributed by atoms with Crippen LogP contribution in [0.25, 0.3) is 5.69 Å². The lowest BCUT2D eigenvalue weighted by Crippen LogP contribution is -2.30. The summed E-state index contributed by atoms with van der Waals surface area (Å²) in [6.45, 7) is 7.46. The number of nitrogens with one attached hydrogen (secondary N) is 1. The fourth-order valence-corrected chi connectivity index (χ4v) is 4.93. The zero-order valence-electron chi connectivity index (χ0n) is 17.6. The molecule has 0 amide bonds. The molecule has 0 saturated carbocycles. The maximum Gasteiger partial charge on any atom is 0.170 e. The number of aromatic nitrogens is 2. The minimum Gasteiger partial charge on any atom is -0.352 e. The first kappa shape index (κ1) is 20.9. The molecule has 30 heavy (non-hydrogen) atoms. The molecular formula is C24H27ClN4S. The summed E-state index contributed by atoms with van der Waals surface area (Å²) in [6, 6.07) is 16.5. The average Bonchev–Trinajstić information content (AvgIpc) is 3.22. The number of unbranched alkanes of at least 4 members (excludes halogenated alkanes) is 1. The molecule has 1 N–H and O–H groups in total. The van der Waals surface area contributed by atoms with Gasteiger partial charge in [-0.05, 0) is 74.4 Å². The smallest absolute Gasteiger partial charge is 0.170 e. The first-order valence-corrected chi connectivity index (χ1v) is 11.2. The summed E-state index contributed by atoms with van der Waals surface area (Å²) in [5.74, 6) is 0. The van der Waals surface area contributed by atoms with E-state index >= 15 is 0 Å². The number of aryl methyl sites for hydroxylation is 1. The van der Waals surface area contributed by atoms with E-state index in [9.17, 15) is 0 Å². The van der Waals surface area contributed by atoms with Crippen molar-refractivity contribution >= 4 is 28.9 Å². The van der Waals surface area contributed by atoms with Crippen molar-refractivity contribution in [2.24, 2.45) is 0 Å². The van der Waals surface area contributed by atoms with Gasteiger partial charge in [0.15, 0.2) is 5.11 Å². The van der Waals surface area contributed by atoms with E-state index < -0.39 is 0 Å². The third-order valence-corrected chi connectivity index (χ3v) is 6.39. The third kappa shape index (κ3) is 3.84. The van der Waals surface area contributed by atoms with E-state index in [-0.39, 0.29) is 12.1 Å². The van der Waals surface area contributed by atoms with Crippen molar-refractivity contribution in [2.75, 3.05) is 6.54 Å². The lowest BCUT2D eigenvalue weighted by Gasteiger charge is -2.28. The van der Waals surface area contributed by atoms with Crippen molar-refractivity contribution in [1.82, 2.24) is 19.8 Å². The lowest BCUT2D eigenvalue weighted by molar-refractivity contribution is 0.312. The van der Waals surface area contributed by atoms with Gasteiger partial charge < -0.3 is 14.8 Å². The van der Waals surface area contributed by atoms with Gasteiger partial charge >= 0.3 is 0 Å². The molecule has 156 valence electrons. The average molecular weight is 439 g/mol. The van der Waals surface area contributed by atoms with Crippen LogP contribution in [0.3, 0.4) is 0 Å². The number of benzene rings is 1. The van der Waals surface area contributed by atoms with Gasteiger partial charge in [-0.1, -0.05) is 37.1 Å². The Morgan fingerprint density at radius 2 is 1.97 bits per heavy atom. The lowest BCUT2D eigenvalue weighted by atomic mass is 9.96. The van der Waals surface area contributed by atoms with Crippen molar-refractivity contribution in [3.8, 4) is 5.69 Å². The SMILES string of the molecule is CCCCN1C(=S)N[C@@H](c2ccccn2)[C@@H]1c1cc(C)n(-c2cccc(Cl)c2)c1C. The largest absolute Gasteiger partial charge is 0.352 e. The first-order chi connectivity index (χ1) is 14.5. The molecule has 1 aromatic carbocycles. The van der Waals surface area contributed by atoms with Gasteiger partial charge in [0.05, 0.1) is 17.8 Å². The Morgan fingerprint density at radius 3 is 2.67 bits per heavy atom. The number of halogens is 1. The van der Waals surface area contributed by atoms with Crippen LogP contribution < -0.4 is 5.32 Å². The summed E-state index contributed by atoms with van der Waals surface area (Å²) in [5, 5.41) is 5.09. The molecule has 1 fully saturated rings. The number of rotatable bonds is 6. The summed E-state index contributed by atoms with van der Waals surface area (Å²) in [4.78, 5) is 6.98. The molecule has 1 aliphatic rings. The second-order valence-corrected chi connectivity index (χ2v) is 8.64. The van der Waals surface area contributed by atoms with E-state index in [1.807, 2.05) is 36.5 Å². The number of pyridine rings is 1. The number of nitrogens with zero attached hydrogens (tertiary/aromatic N) is 3. The number of hydrogen-bond donors (Lipinski definition) is 1. The minimum absolute atomic E-state index is 0.0175. The van der Waals surface area contributed by atoms with Crippen molar-refractivity contribution in [2.45, 2.75) is 45.7 Å². The summed E-state index contributed by atoms with van der Waals surface area (Å²) in [6.07, 6.45) is 4.07. The van der Waals surface area contributed by atoms with Crippen LogP contribution in [0.4, 0.5) is 0 Å². The van der Waals surface area contributed by atoms with E-state index in [1.165, 1.54) is 17.0 Å². The van der Waals surface area contributed by atoms with Gasteiger partial charge in [-0.3, -0.25) is 4.98 Å². The topological polar surface area (TPSA) is 33.1 Å². The highest BCUT2D eigenvalue weighted by atomic mass is 35.5. The molecule has 1 aliphatic heterocycles. The van der Waals surface area contributed by atoms with E-state index in [4.69, 9.17) is 23.8 Å². The summed E-state index contributed by atoms with van der Waals surface area (Å²) in [7, 11) is 0. The maximum absolute atomic E-state index is 6.28. The molecule has 1 saturated heterocycles. The second kappa shape index (κ2) is 8.78. The molecule has 2 atom stereocenters. The van der Waals surface area contributed by atoms with Gasteiger partial charge in [0, 0.05) is 34.8 Å². The van der Waals surface area contributed by atoms with E-state index in [0.717, 1.165) is 40.9 Å². The Bertz CT molecular complexity index is 1050. The fraction of sp³-hybridized carbons (Fsp3) is 0.333. The van der Waals surface area contributed by atoms with Crippen LogP contribution in [-0.2, 0) is 0 Å².